The van der Waals surface area contributed by atoms with Crippen LogP contribution in [-0.2, 0) is 4.79 Å². The summed E-state index contributed by atoms with van der Waals surface area (Å²) in [5.74, 6) is 2.55. The van der Waals surface area contributed by atoms with Gasteiger partial charge in [0.25, 0.3) is 0 Å². The summed E-state index contributed by atoms with van der Waals surface area (Å²) in [6.45, 7) is 3.10. The van der Waals surface area contributed by atoms with Gasteiger partial charge in [-0.3, -0.25) is 4.79 Å². The molecule has 2 aromatic rings. The number of carbonyl (C=O) groups is 1. The molecule has 25 heavy (non-hydrogen) atoms. The maximum atomic E-state index is 11.9. The smallest absolute Gasteiger partial charge is 0.234 e. The summed E-state index contributed by atoms with van der Waals surface area (Å²) in [4.78, 5) is 11.9. The number of anilines is 1. The summed E-state index contributed by atoms with van der Waals surface area (Å²) in [5, 5.41) is 11.6. The summed E-state index contributed by atoms with van der Waals surface area (Å²) in [7, 11) is 0. The Morgan fingerprint density at radius 2 is 1.88 bits per heavy atom. The highest BCUT2D eigenvalue weighted by molar-refractivity contribution is 7.99. The molecule has 0 aliphatic carbocycles. The molecule has 0 atom stereocenters. The zero-order valence-electron chi connectivity index (χ0n) is 14.0. The van der Waals surface area contributed by atoms with E-state index in [4.69, 9.17) is 14.7 Å². The van der Waals surface area contributed by atoms with Crippen molar-refractivity contribution in [3.63, 3.8) is 0 Å². The lowest BCUT2D eigenvalue weighted by Crippen LogP contribution is -2.15. The number of nitriles is 1. The number of hydrogen-bond donors (Lipinski definition) is 1. The highest BCUT2D eigenvalue weighted by atomic mass is 32.2. The molecule has 2 rings (SSSR count). The number of benzene rings is 2. The van der Waals surface area contributed by atoms with Crippen molar-refractivity contribution >= 4 is 23.4 Å². The van der Waals surface area contributed by atoms with Crippen LogP contribution < -0.4 is 14.8 Å². The van der Waals surface area contributed by atoms with E-state index in [0.29, 0.717) is 36.0 Å². The predicted octanol–water partition coefficient (Wildman–Crippen LogP) is 3.71. The standard InChI is InChI=1S/C19H20N2O3S/c1-2-23-17-6-8-18(9-7-17)24-10-11-25-14-19(22)21-16-5-3-4-15(12-16)13-20/h3-9,12H,2,10-11,14H2,1H3,(H,21,22). The van der Waals surface area contributed by atoms with E-state index >= 15 is 0 Å². The van der Waals surface area contributed by atoms with Crippen LogP contribution in [0.2, 0.25) is 0 Å². The van der Waals surface area contributed by atoms with Crippen molar-refractivity contribution in [2.45, 2.75) is 6.92 Å². The molecule has 0 aromatic heterocycles. The minimum atomic E-state index is -0.0962. The van der Waals surface area contributed by atoms with Crippen molar-refractivity contribution in [1.29, 1.82) is 5.26 Å². The molecule has 0 spiro atoms. The number of thioether (sulfide) groups is 1. The molecular formula is C19H20N2O3S. The summed E-state index contributed by atoms with van der Waals surface area (Å²) in [5.41, 5.74) is 1.16. The molecule has 130 valence electrons. The molecule has 2 aromatic carbocycles. The molecule has 0 fully saturated rings. The van der Waals surface area contributed by atoms with Gasteiger partial charge in [0.2, 0.25) is 5.91 Å². The molecule has 0 aliphatic rings. The van der Waals surface area contributed by atoms with Crippen molar-refractivity contribution in [3.05, 3.63) is 54.1 Å². The first-order chi connectivity index (χ1) is 12.2. The molecule has 0 saturated carbocycles. The van der Waals surface area contributed by atoms with Gasteiger partial charge in [0.05, 0.1) is 30.6 Å². The van der Waals surface area contributed by atoms with Gasteiger partial charge in [-0.15, -0.1) is 11.8 Å². The van der Waals surface area contributed by atoms with Gasteiger partial charge in [-0.25, -0.2) is 0 Å². The third-order valence-electron chi connectivity index (χ3n) is 3.14. The van der Waals surface area contributed by atoms with Gasteiger partial charge in [-0.1, -0.05) is 6.07 Å². The molecule has 0 bridgehead atoms. The fraction of sp³-hybridized carbons (Fsp3) is 0.263. The van der Waals surface area contributed by atoms with Crippen LogP contribution in [0, 0.1) is 11.3 Å². The second kappa shape index (κ2) is 10.3. The quantitative estimate of drug-likeness (QED) is 0.694. The van der Waals surface area contributed by atoms with Crippen LogP contribution in [-0.4, -0.2) is 30.6 Å². The van der Waals surface area contributed by atoms with Crippen molar-refractivity contribution in [1.82, 2.24) is 0 Å². The molecular weight excluding hydrogens is 336 g/mol. The number of nitrogens with one attached hydrogen (secondary N) is 1. The molecule has 1 amide bonds. The molecule has 1 N–H and O–H groups in total. The van der Waals surface area contributed by atoms with Gasteiger partial charge in [-0.2, -0.15) is 5.26 Å². The molecule has 0 radical (unpaired) electrons. The van der Waals surface area contributed by atoms with Crippen LogP contribution in [0.25, 0.3) is 0 Å². The van der Waals surface area contributed by atoms with Crippen LogP contribution in [0.4, 0.5) is 5.69 Å². The Labute approximate surface area is 151 Å². The van der Waals surface area contributed by atoms with E-state index in [2.05, 4.69) is 5.32 Å². The highest BCUT2D eigenvalue weighted by Gasteiger charge is 2.03. The van der Waals surface area contributed by atoms with Gasteiger partial charge in [0, 0.05) is 11.4 Å². The third-order valence-corrected chi connectivity index (χ3v) is 4.06. The second-order valence-corrected chi connectivity index (χ2v) is 6.15. The van der Waals surface area contributed by atoms with Crippen molar-refractivity contribution in [2.75, 3.05) is 30.0 Å². The molecule has 0 saturated heterocycles. The summed E-state index contributed by atoms with van der Waals surface area (Å²) >= 11 is 1.49. The second-order valence-electron chi connectivity index (χ2n) is 5.05. The van der Waals surface area contributed by atoms with Crippen LogP contribution in [0.3, 0.4) is 0 Å². The fourth-order valence-corrected chi connectivity index (χ4v) is 2.65. The van der Waals surface area contributed by atoms with Crippen LogP contribution >= 0.6 is 11.8 Å². The molecule has 6 heteroatoms. The Balaban J connectivity index is 1.63. The number of nitrogens with zero attached hydrogens (tertiary/aromatic N) is 1. The van der Waals surface area contributed by atoms with Crippen molar-refractivity contribution in [3.8, 4) is 17.6 Å². The summed E-state index contributed by atoms with van der Waals surface area (Å²) < 4.78 is 11.0. The lowest BCUT2D eigenvalue weighted by atomic mass is 10.2. The number of ether oxygens (including phenoxy) is 2. The van der Waals surface area contributed by atoms with Gasteiger partial charge in [0.1, 0.15) is 11.5 Å². The zero-order valence-corrected chi connectivity index (χ0v) is 14.8. The fourth-order valence-electron chi connectivity index (χ4n) is 2.05. The monoisotopic (exact) mass is 356 g/mol. The minimum Gasteiger partial charge on any atom is -0.494 e. The topological polar surface area (TPSA) is 71.3 Å². The highest BCUT2D eigenvalue weighted by Crippen LogP contribution is 2.18. The van der Waals surface area contributed by atoms with Crippen molar-refractivity contribution < 1.29 is 14.3 Å². The maximum absolute atomic E-state index is 11.9. The molecule has 0 heterocycles. The Kier molecular flexibility index (Phi) is 7.67. The van der Waals surface area contributed by atoms with Gasteiger partial charge in [0.15, 0.2) is 0 Å². The van der Waals surface area contributed by atoms with E-state index in [0.717, 1.165) is 11.5 Å². The number of amides is 1. The molecule has 0 aliphatic heterocycles. The SMILES string of the molecule is CCOc1ccc(OCCSCC(=O)Nc2cccc(C#N)c2)cc1. The average Bonchev–Trinajstić information content (AvgIpc) is 2.63. The first kappa shape index (κ1) is 18.7. The Morgan fingerprint density at radius 1 is 1.16 bits per heavy atom. The molecule has 0 unspecified atom stereocenters. The van der Waals surface area contributed by atoms with E-state index in [1.54, 1.807) is 24.3 Å². The van der Waals surface area contributed by atoms with E-state index in [1.807, 2.05) is 37.3 Å². The number of carbonyl (C=O) groups excluding carboxylic acids is 1. The summed E-state index contributed by atoms with van der Waals surface area (Å²) in [6.07, 6.45) is 0. The van der Waals surface area contributed by atoms with E-state index < -0.39 is 0 Å². The first-order valence-corrected chi connectivity index (χ1v) is 9.10. The summed E-state index contributed by atoms with van der Waals surface area (Å²) in [6, 6.07) is 16.4. The average molecular weight is 356 g/mol. The van der Waals surface area contributed by atoms with Gasteiger partial charge < -0.3 is 14.8 Å². The van der Waals surface area contributed by atoms with Crippen LogP contribution in [0.5, 0.6) is 11.5 Å². The van der Waals surface area contributed by atoms with Crippen molar-refractivity contribution in [2.24, 2.45) is 0 Å². The zero-order chi connectivity index (χ0) is 17.9. The van der Waals surface area contributed by atoms with Crippen LogP contribution in [0.1, 0.15) is 12.5 Å². The predicted molar refractivity (Wildman–Crippen MR) is 100 cm³/mol. The lowest BCUT2D eigenvalue weighted by Gasteiger charge is -2.08. The molecule has 5 nitrogen and oxygen atoms in total. The Hall–Kier alpha value is -2.65. The van der Waals surface area contributed by atoms with E-state index in [-0.39, 0.29) is 5.91 Å². The number of hydrogen-bond acceptors (Lipinski definition) is 5. The normalized spacial score (nSPS) is 9.92. The maximum Gasteiger partial charge on any atom is 0.234 e. The van der Waals surface area contributed by atoms with E-state index in [9.17, 15) is 4.79 Å². The van der Waals surface area contributed by atoms with Gasteiger partial charge >= 0.3 is 0 Å². The minimum absolute atomic E-state index is 0.0962. The lowest BCUT2D eigenvalue weighted by molar-refractivity contribution is -0.113. The van der Waals surface area contributed by atoms with E-state index in [1.165, 1.54) is 11.8 Å². The largest absolute Gasteiger partial charge is 0.494 e. The third kappa shape index (κ3) is 6.77. The van der Waals surface area contributed by atoms with Gasteiger partial charge in [-0.05, 0) is 49.4 Å². The Bertz CT molecular complexity index is 726. The van der Waals surface area contributed by atoms with Crippen LogP contribution in [0.15, 0.2) is 48.5 Å². The Morgan fingerprint density at radius 3 is 2.56 bits per heavy atom. The first-order valence-electron chi connectivity index (χ1n) is 7.94. The number of rotatable bonds is 9.